The highest BCUT2D eigenvalue weighted by molar-refractivity contribution is 7.92. The van der Waals surface area contributed by atoms with E-state index in [1.54, 1.807) is 42.5 Å². The van der Waals surface area contributed by atoms with Crippen LogP contribution in [-0.2, 0) is 62.6 Å². The first-order valence-corrected chi connectivity index (χ1v) is 43.8. The summed E-state index contributed by atoms with van der Waals surface area (Å²) in [6, 6.07) is 15.7. The van der Waals surface area contributed by atoms with Crippen LogP contribution in [0.25, 0.3) is 21.9 Å². The summed E-state index contributed by atoms with van der Waals surface area (Å²) < 4.78 is 68.0. The van der Waals surface area contributed by atoms with Crippen molar-refractivity contribution >= 4 is 103 Å². The first-order valence-electron chi connectivity index (χ1n) is 41.5. The molecule has 0 saturated carbocycles. The molecule has 9 amide bonds. The highest BCUT2D eigenvalue weighted by atomic mass is 35.5. The molecule has 2 fully saturated rings. The van der Waals surface area contributed by atoms with E-state index in [-0.39, 0.29) is 87.8 Å². The molecule has 0 radical (unpaired) electrons. The Labute approximate surface area is 754 Å². The van der Waals surface area contributed by atoms with Crippen LogP contribution in [-0.4, -0.2) is 213 Å². The van der Waals surface area contributed by atoms with E-state index < -0.39 is 253 Å². The third-order valence-electron chi connectivity index (χ3n) is 22.9. The molecule has 7 aliphatic heterocycles. The van der Waals surface area contributed by atoms with Crippen molar-refractivity contribution in [1.29, 1.82) is 0 Å². The fourth-order valence-electron chi connectivity index (χ4n) is 15.9. The van der Waals surface area contributed by atoms with E-state index in [2.05, 4.69) is 52.6 Å². The number of hydrogen-bond donors (Lipinski definition) is 21. The number of nitrogens with two attached hydrogens (primary N) is 2. The van der Waals surface area contributed by atoms with E-state index in [9.17, 15) is 68.8 Å². The Balaban J connectivity index is 0.899. The van der Waals surface area contributed by atoms with Crippen molar-refractivity contribution in [2.75, 3.05) is 31.5 Å². The molecule has 11 bridgehead atoms. The number of phenolic OH excluding ortho intramolecular Hbond substituents is 3. The number of hydrogen-bond acceptors (Lipinski definition) is 28. The molecule has 3 unspecified atom stereocenters. The number of amides is 9. The molecule has 0 aliphatic carbocycles. The third kappa shape index (κ3) is 21.2. The van der Waals surface area contributed by atoms with E-state index in [0.717, 1.165) is 72.3 Å². The number of anilines is 1. The van der Waals surface area contributed by atoms with Crippen LogP contribution < -0.4 is 78.3 Å². The average molecular weight is 1860 g/mol. The van der Waals surface area contributed by atoms with Gasteiger partial charge < -0.3 is 134 Å². The van der Waals surface area contributed by atoms with Crippen LogP contribution >= 0.6 is 23.2 Å². The van der Waals surface area contributed by atoms with Gasteiger partial charge in [-0.2, -0.15) is 0 Å². The zero-order valence-electron chi connectivity index (χ0n) is 71.0. The maximum absolute atomic E-state index is 16.4. The first-order chi connectivity index (χ1) is 61.6. The van der Waals surface area contributed by atoms with Crippen LogP contribution in [0.15, 0.2) is 144 Å². The van der Waals surface area contributed by atoms with Crippen LogP contribution in [0.2, 0.25) is 10.0 Å². The zero-order chi connectivity index (χ0) is 94.0. The van der Waals surface area contributed by atoms with E-state index in [4.69, 9.17) is 63.1 Å². The van der Waals surface area contributed by atoms with Gasteiger partial charge in [0, 0.05) is 53.5 Å². The van der Waals surface area contributed by atoms with E-state index >= 15 is 28.8 Å². The Hall–Kier alpha value is -12.1. The lowest BCUT2D eigenvalue weighted by Gasteiger charge is -2.47. The predicted molar refractivity (Wildman–Crippen MR) is 467 cm³/mol. The molecule has 130 heavy (non-hydrogen) atoms. The number of phenols is 3. The van der Waals surface area contributed by atoms with Gasteiger partial charge in [-0.1, -0.05) is 93.4 Å². The first kappa shape index (κ1) is 95.5. The number of benzene rings is 8. The second kappa shape index (κ2) is 39.7. The molecular weight excluding hydrogens is 1760 g/mol. The number of fused-ring (bicyclic) bond motifs is 16. The minimum atomic E-state index is -3.97. The van der Waals surface area contributed by atoms with Crippen molar-refractivity contribution < 1.29 is 126 Å². The number of aliphatic hydroxyl groups is 6. The molecule has 7 heterocycles. The second-order valence-corrected chi connectivity index (χ2v) is 35.9. The van der Waals surface area contributed by atoms with Crippen LogP contribution in [0.1, 0.15) is 147 Å². The van der Waals surface area contributed by atoms with Gasteiger partial charge in [0.15, 0.2) is 23.9 Å². The molecule has 8 aromatic carbocycles. The van der Waals surface area contributed by atoms with E-state index in [1.165, 1.54) is 51.2 Å². The standard InChI is InChI=1S/C89H100Cl2N12O26S/c1-38(2)25-56(94-7)81(115)101-71-73(109)45-15-21-60(54(90)29-45)125-62-31-48-32-63(77(62)129-88-78(76(112)75(111)64(37-104)127-88)128-66-36-89(6,93)79(113)40(5)124-66)126-61-22-16-46(30-55(61)91)74(110)72-87(121)100-70(83(117)96-24-8-23-95-80(114)47-10-9-43-27-49(17-11-42(43)26-47)103-130(122,123)51-18-12-41(13-19-51)39(3)4)53-33-50(105)34-59(107)67(53)52-28-44(14-20-58(52)106)68(84(118)102-72)99-85(119)69(48)98-82(116)57(35-65(92)108)97-86(71)120/h9-22,26-34,38-40,56-57,64,66,68-76,78-79,88,94,103-107,109-113H,8,23-25,35-37,93H2,1-7H3,(H2,92,108)(H,95,114)(H,96,117)(H,97,120)(H,98,116)(H,99,119)(H,100,121)(H,101,115)(H,102,118)/t40-,56+,57-,64+,66?,68+,69?,70?,71+,72-,73+,74+,75+,76-,78+,79+,88-,89-/m0/s1. The maximum atomic E-state index is 16.4. The molecule has 15 rings (SSSR count). The van der Waals surface area contributed by atoms with Crippen molar-refractivity contribution in [3.8, 4) is 57.1 Å². The summed E-state index contributed by atoms with van der Waals surface area (Å²) in [5.41, 5.74) is 9.71. The average Bonchev–Trinajstić information content (AvgIpc) is 0.772. The Kier molecular flexibility index (Phi) is 29.2. The van der Waals surface area contributed by atoms with Gasteiger partial charge in [0.1, 0.15) is 95.5 Å². The monoisotopic (exact) mass is 1850 g/mol. The van der Waals surface area contributed by atoms with Gasteiger partial charge in [0.05, 0.1) is 46.2 Å². The highest BCUT2D eigenvalue weighted by Gasteiger charge is 2.52. The van der Waals surface area contributed by atoms with E-state index in [0.29, 0.717) is 10.8 Å². The molecule has 18 atom stereocenters. The van der Waals surface area contributed by atoms with Crippen molar-refractivity contribution in [2.24, 2.45) is 17.4 Å². The lowest BCUT2D eigenvalue weighted by molar-refractivity contribution is -0.333. The molecule has 0 spiro atoms. The van der Waals surface area contributed by atoms with Crippen LogP contribution in [0.4, 0.5) is 5.69 Å². The van der Waals surface area contributed by atoms with Crippen molar-refractivity contribution in [2.45, 2.75) is 187 Å². The summed E-state index contributed by atoms with van der Waals surface area (Å²) in [6.45, 7) is 9.26. The maximum Gasteiger partial charge on any atom is 0.261 e. The van der Waals surface area contributed by atoms with Gasteiger partial charge in [-0.05, 0) is 181 Å². The molecule has 2 saturated heterocycles. The van der Waals surface area contributed by atoms with Gasteiger partial charge in [-0.25, -0.2) is 8.42 Å². The largest absolute Gasteiger partial charge is 0.508 e. The van der Waals surface area contributed by atoms with Crippen molar-refractivity contribution in [3.63, 3.8) is 0 Å². The number of ether oxygens (including phenoxy) is 6. The molecule has 8 aromatic rings. The minimum absolute atomic E-state index is 0.000842. The minimum Gasteiger partial charge on any atom is -0.508 e. The van der Waals surface area contributed by atoms with Crippen LogP contribution in [0.3, 0.4) is 0 Å². The Morgan fingerprint density at radius 2 is 1.28 bits per heavy atom. The molecule has 38 nitrogen and oxygen atoms in total. The molecule has 41 heteroatoms. The number of sulfonamides is 1. The smallest absolute Gasteiger partial charge is 0.261 e. The number of likely N-dealkylation sites (N-methyl/N-ethyl adjacent to an activating group) is 1. The lowest BCUT2D eigenvalue weighted by atomic mass is 9.86. The molecule has 23 N–H and O–H groups in total. The molecule has 7 aliphatic rings. The quantitative estimate of drug-likeness (QED) is 0.0426. The number of aromatic hydroxyl groups is 3. The van der Waals surface area contributed by atoms with Gasteiger partial charge in [0.2, 0.25) is 59.3 Å². The number of carbonyl (C=O) groups is 9. The summed E-state index contributed by atoms with van der Waals surface area (Å²) in [7, 11) is -2.50. The Bertz CT molecular complexity index is 5820. The van der Waals surface area contributed by atoms with Gasteiger partial charge in [-0.3, -0.25) is 47.9 Å². The Morgan fingerprint density at radius 1 is 0.654 bits per heavy atom. The number of rotatable bonds is 22. The summed E-state index contributed by atoms with van der Waals surface area (Å²) in [5, 5.41) is 130. The SMILES string of the molecule is CN[C@H](CC(C)C)C(=O)N[C@H]1C(=O)N[C@@H](CC(N)=O)C(=O)NC2C(=O)N[C@H]3C(=O)N[C@H](C(=O)NC(C(=O)NCCCNC(=O)c4ccc5cc(NS(=O)(=O)c6ccc(C(C)C)cc6)ccc5c4)c4cc(O)cc(O)c4-c4cc3ccc4O)[C@H](O)c3ccc(c(Cl)c3)Oc3cc2cc(c3O[C@@H]2O[C@H](CO)[C@@H](O)[C@H](O)[C@H]2OC2C[C@](C)(N)[C@H](O)[C@H](C)O2)Oc2ccc(cc2Cl)[C@H]1O. The lowest BCUT2D eigenvalue weighted by Crippen LogP contribution is -2.64. The van der Waals surface area contributed by atoms with Crippen LogP contribution in [0, 0.1) is 5.92 Å². The normalized spacial score (nSPS) is 25.6. The molecule has 0 aromatic heterocycles. The number of nitrogens with one attached hydrogen (secondary N) is 10. The van der Waals surface area contributed by atoms with Gasteiger partial charge in [-0.15, -0.1) is 0 Å². The van der Waals surface area contributed by atoms with Gasteiger partial charge in [0.25, 0.3) is 15.9 Å². The third-order valence-corrected chi connectivity index (χ3v) is 24.9. The fourth-order valence-corrected chi connectivity index (χ4v) is 17.4. The summed E-state index contributed by atoms with van der Waals surface area (Å²) in [4.78, 5) is 135. The number of aliphatic hydroxyl groups excluding tert-OH is 6. The van der Waals surface area contributed by atoms with E-state index in [1.807, 2.05) is 27.7 Å². The summed E-state index contributed by atoms with van der Waals surface area (Å²) >= 11 is 14.3. The van der Waals surface area contributed by atoms with Crippen LogP contribution in [0.5, 0.6) is 46.0 Å². The van der Waals surface area contributed by atoms with Crippen molar-refractivity contribution in [3.05, 3.63) is 189 Å². The zero-order valence-corrected chi connectivity index (χ0v) is 73.3. The van der Waals surface area contributed by atoms with Crippen molar-refractivity contribution in [1.82, 2.24) is 47.9 Å². The molecule has 692 valence electrons. The Morgan fingerprint density at radius 3 is 1.91 bits per heavy atom. The number of halogens is 2. The fraction of sp³-hybridized carbons (Fsp3) is 0.382. The summed E-state index contributed by atoms with van der Waals surface area (Å²) in [5.74, 6) is -15.7. The second-order valence-electron chi connectivity index (χ2n) is 33.4. The topological polar surface area (TPSA) is 598 Å². The molecular formula is C89H100Cl2N12O26S. The summed E-state index contributed by atoms with van der Waals surface area (Å²) in [6.07, 6.45) is -18.9. The number of primary amides is 1. The predicted octanol–water partition coefficient (Wildman–Crippen LogP) is 4.04. The van der Waals surface area contributed by atoms with Gasteiger partial charge >= 0.3 is 0 Å². The number of carbonyl (C=O) groups excluding carboxylic acids is 9. The highest BCUT2D eigenvalue weighted by Crippen LogP contribution is 2.50.